The molecule has 0 bridgehead atoms. The Hall–Kier alpha value is -3.51. The summed E-state index contributed by atoms with van der Waals surface area (Å²) in [7, 11) is 0. The van der Waals surface area contributed by atoms with Gasteiger partial charge >= 0.3 is 0 Å². The zero-order chi connectivity index (χ0) is 22.1. The molecule has 3 aromatic heterocycles. The zero-order valence-corrected chi connectivity index (χ0v) is 19.0. The van der Waals surface area contributed by atoms with Gasteiger partial charge in [0.15, 0.2) is 5.11 Å². The molecule has 1 saturated heterocycles. The van der Waals surface area contributed by atoms with Crippen LogP contribution in [0.3, 0.4) is 0 Å². The van der Waals surface area contributed by atoms with Crippen LogP contribution in [0.15, 0.2) is 85.5 Å². The lowest BCUT2D eigenvalue weighted by atomic mass is 10.00. The minimum atomic E-state index is -0.0629. The monoisotopic (exact) mass is 439 g/mol. The summed E-state index contributed by atoms with van der Waals surface area (Å²) in [6.07, 6.45) is 7.68. The maximum absolute atomic E-state index is 5.88. The number of hydrogen-bond acceptors (Lipinski definition) is 3. The molecule has 1 N–H and O–H groups in total. The Balaban J connectivity index is 1.62. The van der Waals surface area contributed by atoms with Crippen LogP contribution >= 0.6 is 12.2 Å². The van der Waals surface area contributed by atoms with E-state index >= 15 is 0 Å². The molecule has 1 fully saturated rings. The Labute approximate surface area is 193 Å². The van der Waals surface area contributed by atoms with Crippen LogP contribution < -0.4 is 10.2 Å². The topological polar surface area (TPSA) is 46.0 Å². The van der Waals surface area contributed by atoms with Crippen molar-refractivity contribution in [1.82, 2.24) is 19.9 Å². The number of pyridine rings is 2. The standard InChI is InChI=1S/C26H25N5S/c1-18-13-19(2)15-21(14-18)31-25(24(29-26(31)32)22-8-3-4-11-28-22)23-9-6-12-30(23)17-20-7-5-10-27-16-20/h3-16,24-25H,17H2,1-2H3,(H,29,32)/t24-,25-/m1/s1. The lowest BCUT2D eigenvalue weighted by Gasteiger charge is -2.29. The van der Waals surface area contributed by atoms with Gasteiger partial charge in [0.25, 0.3) is 0 Å². The van der Waals surface area contributed by atoms with Gasteiger partial charge in [0.05, 0.1) is 11.7 Å². The summed E-state index contributed by atoms with van der Waals surface area (Å²) >= 11 is 5.88. The molecule has 2 atom stereocenters. The molecule has 5 rings (SSSR count). The number of thiocarbonyl (C=S) groups is 1. The predicted octanol–water partition coefficient (Wildman–Crippen LogP) is 5.12. The minimum absolute atomic E-state index is 0.0368. The van der Waals surface area contributed by atoms with Gasteiger partial charge in [-0.1, -0.05) is 18.2 Å². The van der Waals surface area contributed by atoms with Crippen molar-refractivity contribution in [3.63, 3.8) is 0 Å². The van der Waals surface area contributed by atoms with Crippen molar-refractivity contribution in [3.05, 3.63) is 114 Å². The molecule has 1 aliphatic heterocycles. The average molecular weight is 440 g/mol. The lowest BCUT2D eigenvalue weighted by Crippen LogP contribution is -2.30. The third-order valence-corrected chi connectivity index (χ3v) is 6.14. The molecular weight excluding hydrogens is 414 g/mol. The van der Waals surface area contributed by atoms with Crippen molar-refractivity contribution in [2.75, 3.05) is 4.90 Å². The Morgan fingerprint density at radius 1 is 0.969 bits per heavy atom. The number of nitrogens with one attached hydrogen (secondary N) is 1. The SMILES string of the molecule is Cc1cc(C)cc(N2C(=S)N[C@H](c3ccccn3)[C@H]2c2cccn2Cc2cccnc2)c1. The van der Waals surface area contributed by atoms with Crippen LogP contribution in [0.1, 0.15) is 40.2 Å². The van der Waals surface area contributed by atoms with Gasteiger partial charge in [-0.2, -0.15) is 0 Å². The smallest absolute Gasteiger partial charge is 0.174 e. The fourth-order valence-corrected chi connectivity index (χ4v) is 4.90. The zero-order valence-electron chi connectivity index (χ0n) is 18.1. The maximum atomic E-state index is 5.88. The molecule has 0 spiro atoms. The number of aryl methyl sites for hydroxylation is 2. The number of nitrogens with zero attached hydrogens (tertiary/aromatic N) is 4. The Morgan fingerprint density at radius 2 is 1.81 bits per heavy atom. The van der Waals surface area contributed by atoms with E-state index in [1.54, 1.807) is 6.20 Å². The first-order chi connectivity index (χ1) is 15.6. The molecule has 4 aromatic rings. The van der Waals surface area contributed by atoms with Crippen molar-refractivity contribution >= 4 is 23.0 Å². The van der Waals surface area contributed by atoms with Crippen LogP contribution in [0, 0.1) is 13.8 Å². The molecule has 0 unspecified atom stereocenters. The van der Waals surface area contributed by atoms with E-state index in [9.17, 15) is 0 Å². The van der Waals surface area contributed by atoms with Crippen molar-refractivity contribution in [2.45, 2.75) is 32.5 Å². The molecule has 4 heterocycles. The molecule has 160 valence electrons. The largest absolute Gasteiger partial charge is 0.351 e. The van der Waals surface area contributed by atoms with E-state index in [-0.39, 0.29) is 12.1 Å². The van der Waals surface area contributed by atoms with Crippen LogP contribution in [-0.4, -0.2) is 19.6 Å². The van der Waals surface area contributed by atoms with Crippen molar-refractivity contribution in [3.8, 4) is 0 Å². The summed E-state index contributed by atoms with van der Waals surface area (Å²) in [5.74, 6) is 0. The minimum Gasteiger partial charge on any atom is -0.351 e. The second-order valence-electron chi connectivity index (χ2n) is 8.26. The molecule has 32 heavy (non-hydrogen) atoms. The summed E-state index contributed by atoms with van der Waals surface area (Å²) in [6.45, 7) is 4.99. The summed E-state index contributed by atoms with van der Waals surface area (Å²) in [5, 5.41) is 4.27. The average Bonchev–Trinajstić information content (AvgIpc) is 3.38. The highest BCUT2D eigenvalue weighted by Gasteiger charge is 2.42. The molecule has 1 aromatic carbocycles. The third kappa shape index (κ3) is 3.89. The normalized spacial score (nSPS) is 18.1. The predicted molar refractivity (Wildman–Crippen MR) is 132 cm³/mol. The fourth-order valence-electron chi connectivity index (χ4n) is 4.55. The van der Waals surface area contributed by atoms with E-state index in [1.165, 1.54) is 16.8 Å². The van der Waals surface area contributed by atoms with Crippen molar-refractivity contribution in [2.24, 2.45) is 0 Å². The number of benzene rings is 1. The van der Waals surface area contributed by atoms with E-state index in [0.717, 1.165) is 23.5 Å². The first-order valence-electron chi connectivity index (χ1n) is 10.7. The maximum Gasteiger partial charge on any atom is 0.174 e. The third-order valence-electron chi connectivity index (χ3n) is 5.83. The van der Waals surface area contributed by atoms with E-state index in [1.807, 2.05) is 30.6 Å². The summed E-state index contributed by atoms with van der Waals surface area (Å²) in [6, 6.07) is 20.9. The first kappa shape index (κ1) is 20.4. The number of rotatable bonds is 5. The number of hydrogen-bond donors (Lipinski definition) is 1. The fraction of sp³-hybridized carbons (Fsp3) is 0.192. The quantitative estimate of drug-likeness (QED) is 0.437. The second kappa shape index (κ2) is 8.55. The molecular formula is C26H25N5S. The van der Waals surface area contributed by atoms with E-state index in [4.69, 9.17) is 12.2 Å². The van der Waals surface area contributed by atoms with Crippen LogP contribution in [0.25, 0.3) is 0 Å². The summed E-state index contributed by atoms with van der Waals surface area (Å²) < 4.78 is 2.28. The number of aromatic nitrogens is 3. The molecule has 0 aliphatic carbocycles. The van der Waals surface area contributed by atoms with Crippen LogP contribution in [0.2, 0.25) is 0 Å². The Bertz CT molecular complexity index is 1220. The molecule has 5 nitrogen and oxygen atoms in total. The van der Waals surface area contributed by atoms with Crippen LogP contribution in [0.4, 0.5) is 5.69 Å². The highest BCUT2D eigenvalue weighted by Crippen LogP contribution is 2.42. The summed E-state index contributed by atoms with van der Waals surface area (Å²) in [5.41, 5.74) is 6.84. The first-order valence-corrected chi connectivity index (χ1v) is 11.1. The highest BCUT2D eigenvalue weighted by atomic mass is 32.1. The molecule has 0 amide bonds. The molecule has 0 radical (unpaired) electrons. The number of anilines is 1. The Morgan fingerprint density at radius 3 is 2.53 bits per heavy atom. The van der Waals surface area contributed by atoms with Gasteiger partial charge in [-0.15, -0.1) is 0 Å². The highest BCUT2D eigenvalue weighted by molar-refractivity contribution is 7.80. The van der Waals surface area contributed by atoms with E-state index < -0.39 is 0 Å². The summed E-state index contributed by atoms with van der Waals surface area (Å²) in [4.78, 5) is 11.2. The van der Waals surface area contributed by atoms with Gasteiger partial charge in [-0.25, -0.2) is 0 Å². The van der Waals surface area contributed by atoms with E-state index in [0.29, 0.717) is 5.11 Å². The van der Waals surface area contributed by atoms with Gasteiger partial charge < -0.3 is 14.8 Å². The molecule has 6 heteroatoms. The van der Waals surface area contributed by atoms with Crippen molar-refractivity contribution < 1.29 is 0 Å². The Kier molecular flexibility index (Phi) is 5.45. The lowest BCUT2D eigenvalue weighted by molar-refractivity contribution is 0.533. The van der Waals surface area contributed by atoms with Gasteiger partial charge in [0, 0.05) is 42.7 Å². The van der Waals surface area contributed by atoms with Gasteiger partial charge in [0.1, 0.15) is 6.04 Å². The molecule has 1 aliphatic rings. The van der Waals surface area contributed by atoms with E-state index in [2.05, 4.69) is 87.3 Å². The van der Waals surface area contributed by atoms with Gasteiger partial charge in [-0.05, 0) is 85.2 Å². The van der Waals surface area contributed by atoms with Crippen LogP contribution in [-0.2, 0) is 6.54 Å². The van der Waals surface area contributed by atoms with Crippen LogP contribution in [0.5, 0.6) is 0 Å². The van der Waals surface area contributed by atoms with Crippen molar-refractivity contribution in [1.29, 1.82) is 0 Å². The molecule has 0 saturated carbocycles. The van der Waals surface area contributed by atoms with Gasteiger partial charge in [0.2, 0.25) is 0 Å². The van der Waals surface area contributed by atoms with Gasteiger partial charge in [-0.3, -0.25) is 9.97 Å². The second-order valence-corrected chi connectivity index (χ2v) is 8.65.